The molecule has 0 bridgehead atoms. The molecule has 0 saturated carbocycles. The number of hydrogen-bond donors (Lipinski definition) is 0. The van der Waals surface area contributed by atoms with E-state index in [4.69, 9.17) is 4.74 Å². The second-order valence-corrected chi connectivity index (χ2v) is 4.72. The van der Waals surface area contributed by atoms with E-state index in [1.807, 2.05) is 0 Å². The second kappa shape index (κ2) is 10.6. The van der Waals surface area contributed by atoms with Crippen molar-refractivity contribution in [2.75, 3.05) is 32.8 Å². The van der Waals surface area contributed by atoms with E-state index in [0.717, 1.165) is 39.1 Å². The maximum atomic E-state index is 5.32. The van der Waals surface area contributed by atoms with Gasteiger partial charge in [-0.2, -0.15) is 0 Å². The van der Waals surface area contributed by atoms with E-state index in [9.17, 15) is 0 Å². The third-order valence-corrected chi connectivity index (χ3v) is 3.16. The Balaban J connectivity index is 1.87. The summed E-state index contributed by atoms with van der Waals surface area (Å²) >= 11 is 0. The number of morpholine rings is 1. The summed E-state index contributed by atoms with van der Waals surface area (Å²) < 4.78 is 5.32. The van der Waals surface area contributed by atoms with Gasteiger partial charge in [-0.1, -0.05) is 26.2 Å². The summed E-state index contributed by atoms with van der Waals surface area (Å²) in [4.78, 5) is 2.48. The Morgan fingerprint density at radius 1 is 0.941 bits per heavy atom. The minimum Gasteiger partial charge on any atom is -0.379 e. The quantitative estimate of drug-likeness (QED) is 0.498. The zero-order valence-electron chi connectivity index (χ0n) is 11.3. The van der Waals surface area contributed by atoms with Crippen molar-refractivity contribution < 1.29 is 4.74 Å². The van der Waals surface area contributed by atoms with Gasteiger partial charge in [0.1, 0.15) is 0 Å². The monoisotopic (exact) mass is 237 g/mol. The van der Waals surface area contributed by atoms with Crippen LogP contribution in [0.1, 0.15) is 51.9 Å². The van der Waals surface area contributed by atoms with Gasteiger partial charge in [-0.05, 0) is 19.4 Å². The summed E-state index contributed by atoms with van der Waals surface area (Å²) in [7, 11) is 0. The maximum absolute atomic E-state index is 5.32. The molecule has 0 aromatic rings. The first-order valence-corrected chi connectivity index (χ1v) is 7.19. The summed E-state index contributed by atoms with van der Waals surface area (Å²) in [5, 5.41) is 0. The van der Waals surface area contributed by atoms with Crippen LogP contribution in [-0.4, -0.2) is 37.7 Å². The summed E-state index contributed by atoms with van der Waals surface area (Å²) in [6.07, 6.45) is 8.67. The van der Waals surface area contributed by atoms with Crippen LogP contribution in [-0.2, 0) is 4.74 Å². The van der Waals surface area contributed by atoms with Gasteiger partial charge < -0.3 is 4.74 Å². The Bertz CT molecular complexity index is 223. The standard InChI is InChI=1S/C15H27NO/c1-2-3-4-5-6-7-8-9-10-11-16-12-14-17-15-13-16/h2-6,9-15H2,1H3. The first-order chi connectivity index (χ1) is 8.43. The molecule has 1 aliphatic heterocycles. The Morgan fingerprint density at radius 3 is 2.35 bits per heavy atom. The number of rotatable bonds is 7. The minimum absolute atomic E-state index is 0.906. The third-order valence-electron chi connectivity index (χ3n) is 3.16. The van der Waals surface area contributed by atoms with Crippen molar-refractivity contribution in [1.82, 2.24) is 4.90 Å². The highest BCUT2D eigenvalue weighted by atomic mass is 16.5. The van der Waals surface area contributed by atoms with Gasteiger partial charge in [0.25, 0.3) is 0 Å². The summed E-state index contributed by atoms with van der Waals surface area (Å²) in [6, 6.07) is 0. The average Bonchev–Trinajstić information content (AvgIpc) is 2.38. The summed E-state index contributed by atoms with van der Waals surface area (Å²) in [6.45, 7) is 7.45. The van der Waals surface area contributed by atoms with E-state index in [1.165, 1.54) is 38.6 Å². The van der Waals surface area contributed by atoms with E-state index in [1.54, 1.807) is 0 Å². The molecule has 0 spiro atoms. The lowest BCUT2D eigenvalue weighted by Gasteiger charge is -2.26. The fourth-order valence-electron chi connectivity index (χ4n) is 2.03. The molecule has 0 atom stereocenters. The van der Waals surface area contributed by atoms with Crippen molar-refractivity contribution in [1.29, 1.82) is 0 Å². The van der Waals surface area contributed by atoms with Crippen molar-refractivity contribution in [3.8, 4) is 11.8 Å². The molecule has 2 nitrogen and oxygen atoms in total. The van der Waals surface area contributed by atoms with Crippen LogP contribution in [0.15, 0.2) is 0 Å². The molecular formula is C15H27NO. The van der Waals surface area contributed by atoms with E-state index >= 15 is 0 Å². The summed E-state index contributed by atoms with van der Waals surface area (Å²) in [5.41, 5.74) is 0. The Hall–Kier alpha value is -0.520. The topological polar surface area (TPSA) is 12.5 Å². The average molecular weight is 237 g/mol. The molecule has 1 rings (SSSR count). The molecule has 1 heterocycles. The molecule has 0 aliphatic carbocycles. The van der Waals surface area contributed by atoms with Crippen LogP contribution in [0, 0.1) is 11.8 Å². The van der Waals surface area contributed by atoms with Gasteiger partial charge in [0, 0.05) is 25.9 Å². The van der Waals surface area contributed by atoms with E-state index in [-0.39, 0.29) is 0 Å². The molecule has 0 unspecified atom stereocenters. The molecule has 0 radical (unpaired) electrons. The first kappa shape index (κ1) is 14.5. The SMILES string of the molecule is CCCCCCC#CCCCN1CCOCC1. The molecule has 0 amide bonds. The van der Waals surface area contributed by atoms with E-state index < -0.39 is 0 Å². The zero-order valence-corrected chi connectivity index (χ0v) is 11.3. The van der Waals surface area contributed by atoms with Crippen molar-refractivity contribution in [3.63, 3.8) is 0 Å². The number of unbranched alkanes of at least 4 members (excludes halogenated alkanes) is 5. The highest BCUT2D eigenvalue weighted by Gasteiger charge is 2.08. The minimum atomic E-state index is 0.906. The first-order valence-electron chi connectivity index (χ1n) is 7.19. The number of ether oxygens (including phenoxy) is 1. The lowest BCUT2D eigenvalue weighted by molar-refractivity contribution is 0.0376. The van der Waals surface area contributed by atoms with Crippen LogP contribution >= 0.6 is 0 Å². The van der Waals surface area contributed by atoms with E-state index in [0.29, 0.717) is 0 Å². The van der Waals surface area contributed by atoms with Crippen LogP contribution in [0.4, 0.5) is 0 Å². The lowest BCUT2D eigenvalue weighted by Crippen LogP contribution is -2.36. The van der Waals surface area contributed by atoms with Gasteiger partial charge in [-0.15, -0.1) is 11.8 Å². The smallest absolute Gasteiger partial charge is 0.0594 e. The largest absolute Gasteiger partial charge is 0.379 e. The Morgan fingerprint density at radius 2 is 1.65 bits per heavy atom. The van der Waals surface area contributed by atoms with Gasteiger partial charge in [-0.3, -0.25) is 4.90 Å². The predicted molar refractivity (Wildman–Crippen MR) is 73.0 cm³/mol. The molecule has 1 fully saturated rings. The van der Waals surface area contributed by atoms with Crippen LogP contribution in [0.3, 0.4) is 0 Å². The van der Waals surface area contributed by atoms with Gasteiger partial charge in [0.05, 0.1) is 13.2 Å². The molecule has 0 aromatic carbocycles. The van der Waals surface area contributed by atoms with Gasteiger partial charge in [-0.25, -0.2) is 0 Å². The molecule has 0 aromatic heterocycles. The predicted octanol–water partition coefficient (Wildman–Crippen LogP) is 3.07. The van der Waals surface area contributed by atoms with Crippen molar-refractivity contribution >= 4 is 0 Å². The van der Waals surface area contributed by atoms with Crippen molar-refractivity contribution in [2.24, 2.45) is 0 Å². The normalized spacial score (nSPS) is 16.5. The number of nitrogens with zero attached hydrogens (tertiary/aromatic N) is 1. The molecule has 98 valence electrons. The fourth-order valence-corrected chi connectivity index (χ4v) is 2.03. The summed E-state index contributed by atoms with van der Waals surface area (Å²) in [5.74, 6) is 6.58. The van der Waals surface area contributed by atoms with Crippen LogP contribution in [0.5, 0.6) is 0 Å². The van der Waals surface area contributed by atoms with Gasteiger partial charge in [0.2, 0.25) is 0 Å². The van der Waals surface area contributed by atoms with Crippen LogP contribution in [0.2, 0.25) is 0 Å². The van der Waals surface area contributed by atoms with Crippen LogP contribution in [0.25, 0.3) is 0 Å². The number of hydrogen-bond acceptors (Lipinski definition) is 2. The highest BCUT2D eigenvalue weighted by molar-refractivity contribution is 4.98. The van der Waals surface area contributed by atoms with Gasteiger partial charge >= 0.3 is 0 Å². The molecule has 2 heteroatoms. The van der Waals surface area contributed by atoms with Crippen molar-refractivity contribution in [2.45, 2.75) is 51.9 Å². The second-order valence-electron chi connectivity index (χ2n) is 4.72. The third kappa shape index (κ3) is 8.24. The highest BCUT2D eigenvalue weighted by Crippen LogP contribution is 2.02. The molecule has 1 saturated heterocycles. The van der Waals surface area contributed by atoms with Gasteiger partial charge in [0.15, 0.2) is 0 Å². The van der Waals surface area contributed by atoms with E-state index in [2.05, 4.69) is 23.7 Å². The lowest BCUT2D eigenvalue weighted by atomic mass is 10.1. The molecular weight excluding hydrogens is 210 g/mol. The van der Waals surface area contributed by atoms with Crippen molar-refractivity contribution in [3.05, 3.63) is 0 Å². The molecule has 1 aliphatic rings. The molecule has 17 heavy (non-hydrogen) atoms. The Kier molecular flexibility index (Phi) is 9.09. The Labute approximate surface area is 107 Å². The fraction of sp³-hybridized carbons (Fsp3) is 0.867. The maximum Gasteiger partial charge on any atom is 0.0594 e. The zero-order chi connectivity index (χ0) is 12.2. The molecule has 0 N–H and O–H groups in total. The van der Waals surface area contributed by atoms with Crippen LogP contribution < -0.4 is 0 Å².